The molecule has 2 aliphatic rings. The summed E-state index contributed by atoms with van der Waals surface area (Å²) in [6.07, 6.45) is 3.61. The van der Waals surface area contributed by atoms with E-state index in [0.29, 0.717) is 0 Å². The second kappa shape index (κ2) is 4.60. The van der Waals surface area contributed by atoms with Gasteiger partial charge >= 0.3 is 0 Å². The van der Waals surface area contributed by atoms with Crippen molar-refractivity contribution in [3.05, 3.63) is 0 Å². The molecule has 3 atom stereocenters. The van der Waals surface area contributed by atoms with Gasteiger partial charge in [0.05, 0.1) is 6.04 Å². The molecule has 0 bridgehead atoms. The van der Waals surface area contributed by atoms with Crippen LogP contribution in [0.3, 0.4) is 0 Å². The van der Waals surface area contributed by atoms with Crippen molar-refractivity contribution >= 4 is 5.91 Å². The van der Waals surface area contributed by atoms with E-state index in [9.17, 15) is 4.79 Å². The first-order valence-electron chi connectivity index (χ1n) is 6.90. The van der Waals surface area contributed by atoms with Gasteiger partial charge in [0, 0.05) is 13.6 Å². The zero-order valence-corrected chi connectivity index (χ0v) is 11.6. The zero-order chi connectivity index (χ0) is 12.6. The molecular weight excluding hydrogens is 212 g/mol. The molecule has 3 heteroatoms. The maximum atomic E-state index is 12.4. The molecule has 1 saturated heterocycles. The van der Waals surface area contributed by atoms with E-state index in [1.54, 1.807) is 0 Å². The summed E-state index contributed by atoms with van der Waals surface area (Å²) in [7, 11) is 1.96. The van der Waals surface area contributed by atoms with Gasteiger partial charge in [-0.05, 0) is 43.1 Å². The van der Waals surface area contributed by atoms with Crippen LogP contribution in [0.25, 0.3) is 0 Å². The van der Waals surface area contributed by atoms with Gasteiger partial charge in [-0.1, -0.05) is 20.8 Å². The van der Waals surface area contributed by atoms with Crippen LogP contribution < -0.4 is 5.32 Å². The largest absolute Gasteiger partial charge is 0.344 e. The number of hydrogen-bond acceptors (Lipinski definition) is 2. The molecule has 1 aliphatic heterocycles. The van der Waals surface area contributed by atoms with Crippen molar-refractivity contribution in [2.24, 2.45) is 17.3 Å². The SMILES string of the molecule is CC1CC1CN(C)C(=O)C1NCCCC1(C)C. The minimum absolute atomic E-state index is 0.00954. The molecule has 0 aromatic rings. The van der Waals surface area contributed by atoms with Gasteiger partial charge in [0.1, 0.15) is 0 Å². The smallest absolute Gasteiger partial charge is 0.240 e. The van der Waals surface area contributed by atoms with Crippen molar-refractivity contribution < 1.29 is 4.79 Å². The van der Waals surface area contributed by atoms with E-state index in [0.717, 1.165) is 31.3 Å². The van der Waals surface area contributed by atoms with Crippen molar-refractivity contribution in [1.29, 1.82) is 0 Å². The maximum absolute atomic E-state index is 12.4. The molecule has 17 heavy (non-hydrogen) atoms. The Bertz CT molecular complexity index is 301. The predicted molar refractivity (Wildman–Crippen MR) is 69.7 cm³/mol. The fourth-order valence-electron chi connectivity index (χ4n) is 2.95. The molecule has 0 radical (unpaired) electrons. The third kappa shape index (κ3) is 2.82. The third-order valence-corrected chi connectivity index (χ3v) is 4.54. The Morgan fingerprint density at radius 2 is 2.12 bits per heavy atom. The van der Waals surface area contributed by atoms with Gasteiger partial charge in [0.25, 0.3) is 0 Å². The van der Waals surface area contributed by atoms with Gasteiger partial charge in [0.2, 0.25) is 5.91 Å². The summed E-state index contributed by atoms with van der Waals surface area (Å²) >= 11 is 0. The highest BCUT2D eigenvalue weighted by molar-refractivity contribution is 5.82. The number of carbonyl (C=O) groups excluding carboxylic acids is 1. The molecule has 1 aliphatic carbocycles. The fourth-order valence-corrected chi connectivity index (χ4v) is 2.95. The van der Waals surface area contributed by atoms with Crippen LogP contribution in [0.4, 0.5) is 0 Å². The highest BCUT2D eigenvalue weighted by Gasteiger charge is 2.40. The molecule has 0 aromatic heterocycles. The number of carbonyl (C=O) groups is 1. The number of rotatable bonds is 3. The molecule has 1 heterocycles. The molecule has 1 amide bonds. The van der Waals surface area contributed by atoms with Gasteiger partial charge in [-0.3, -0.25) is 4.79 Å². The molecule has 0 aromatic carbocycles. The van der Waals surface area contributed by atoms with E-state index in [1.165, 1.54) is 12.8 Å². The summed E-state index contributed by atoms with van der Waals surface area (Å²) in [6, 6.07) is 0.00954. The van der Waals surface area contributed by atoms with Crippen molar-refractivity contribution in [2.75, 3.05) is 20.1 Å². The second-order valence-corrected chi connectivity index (χ2v) is 6.67. The summed E-state index contributed by atoms with van der Waals surface area (Å²) in [5.74, 6) is 1.85. The lowest BCUT2D eigenvalue weighted by molar-refractivity contribution is -0.136. The van der Waals surface area contributed by atoms with Crippen LogP contribution in [0.2, 0.25) is 0 Å². The van der Waals surface area contributed by atoms with E-state index in [4.69, 9.17) is 0 Å². The normalized spacial score (nSPS) is 35.4. The Labute approximate surface area is 105 Å². The summed E-state index contributed by atoms with van der Waals surface area (Å²) in [6.45, 7) is 8.60. The minimum atomic E-state index is 0.00954. The topological polar surface area (TPSA) is 32.3 Å². The number of amides is 1. The monoisotopic (exact) mass is 238 g/mol. The lowest BCUT2D eigenvalue weighted by atomic mass is 9.77. The first kappa shape index (κ1) is 12.9. The van der Waals surface area contributed by atoms with Gasteiger partial charge in [-0.25, -0.2) is 0 Å². The van der Waals surface area contributed by atoms with Gasteiger partial charge in [-0.15, -0.1) is 0 Å². The lowest BCUT2D eigenvalue weighted by Gasteiger charge is -2.40. The van der Waals surface area contributed by atoms with Crippen LogP contribution in [-0.4, -0.2) is 37.0 Å². The molecule has 3 nitrogen and oxygen atoms in total. The Balaban J connectivity index is 1.93. The molecule has 3 unspecified atom stereocenters. The highest BCUT2D eigenvalue weighted by Crippen LogP contribution is 2.38. The number of likely N-dealkylation sites (N-methyl/N-ethyl adjacent to an activating group) is 1. The lowest BCUT2D eigenvalue weighted by Crippen LogP contribution is -2.56. The van der Waals surface area contributed by atoms with E-state index in [-0.39, 0.29) is 17.4 Å². The fraction of sp³-hybridized carbons (Fsp3) is 0.929. The number of piperidine rings is 1. The standard InChI is InChI=1S/C14H26N2O/c1-10-8-11(10)9-16(4)13(17)12-14(2,3)6-5-7-15-12/h10-12,15H,5-9H2,1-4H3. The zero-order valence-electron chi connectivity index (χ0n) is 11.6. The minimum Gasteiger partial charge on any atom is -0.344 e. The van der Waals surface area contributed by atoms with Crippen molar-refractivity contribution in [2.45, 2.75) is 46.1 Å². The Kier molecular flexibility index (Phi) is 3.48. The average Bonchev–Trinajstić information content (AvgIpc) is 2.92. The number of nitrogens with zero attached hydrogens (tertiary/aromatic N) is 1. The maximum Gasteiger partial charge on any atom is 0.240 e. The Morgan fingerprint density at radius 3 is 2.65 bits per heavy atom. The van der Waals surface area contributed by atoms with Crippen LogP contribution in [0.5, 0.6) is 0 Å². The first-order chi connectivity index (χ1) is 7.92. The number of nitrogens with one attached hydrogen (secondary N) is 1. The van der Waals surface area contributed by atoms with Crippen LogP contribution in [-0.2, 0) is 4.79 Å². The first-order valence-corrected chi connectivity index (χ1v) is 6.90. The Hall–Kier alpha value is -0.570. The Morgan fingerprint density at radius 1 is 1.47 bits per heavy atom. The van der Waals surface area contributed by atoms with Crippen LogP contribution in [0.1, 0.15) is 40.0 Å². The summed E-state index contributed by atoms with van der Waals surface area (Å²) < 4.78 is 0. The van der Waals surface area contributed by atoms with E-state index < -0.39 is 0 Å². The van der Waals surface area contributed by atoms with Crippen LogP contribution >= 0.6 is 0 Å². The van der Waals surface area contributed by atoms with Crippen LogP contribution in [0, 0.1) is 17.3 Å². The van der Waals surface area contributed by atoms with Crippen molar-refractivity contribution in [3.63, 3.8) is 0 Å². The van der Waals surface area contributed by atoms with Crippen LogP contribution in [0.15, 0.2) is 0 Å². The molecule has 1 N–H and O–H groups in total. The highest BCUT2D eigenvalue weighted by atomic mass is 16.2. The summed E-state index contributed by atoms with van der Waals surface area (Å²) in [4.78, 5) is 14.4. The molecule has 0 spiro atoms. The van der Waals surface area contributed by atoms with E-state index in [1.807, 2.05) is 11.9 Å². The molecule has 1 saturated carbocycles. The summed E-state index contributed by atoms with van der Waals surface area (Å²) in [5.41, 5.74) is 0.0960. The molecule has 98 valence electrons. The molecular formula is C14H26N2O. The quantitative estimate of drug-likeness (QED) is 0.814. The second-order valence-electron chi connectivity index (χ2n) is 6.67. The van der Waals surface area contributed by atoms with Crippen molar-refractivity contribution in [1.82, 2.24) is 10.2 Å². The molecule has 2 fully saturated rings. The van der Waals surface area contributed by atoms with Gasteiger partial charge in [-0.2, -0.15) is 0 Å². The van der Waals surface area contributed by atoms with E-state index in [2.05, 4.69) is 26.1 Å². The van der Waals surface area contributed by atoms with Gasteiger partial charge < -0.3 is 10.2 Å². The van der Waals surface area contributed by atoms with Crippen molar-refractivity contribution in [3.8, 4) is 0 Å². The third-order valence-electron chi connectivity index (χ3n) is 4.54. The predicted octanol–water partition coefficient (Wildman–Crippen LogP) is 1.88. The van der Waals surface area contributed by atoms with Gasteiger partial charge in [0.15, 0.2) is 0 Å². The molecule has 2 rings (SSSR count). The van der Waals surface area contributed by atoms with E-state index >= 15 is 0 Å². The number of hydrogen-bond donors (Lipinski definition) is 1. The summed E-state index contributed by atoms with van der Waals surface area (Å²) in [5, 5.41) is 3.40. The average molecular weight is 238 g/mol.